The van der Waals surface area contributed by atoms with E-state index in [2.05, 4.69) is 10.6 Å². The van der Waals surface area contributed by atoms with E-state index >= 15 is 0 Å². The summed E-state index contributed by atoms with van der Waals surface area (Å²) in [6.07, 6.45) is 1.02. The Kier molecular flexibility index (Phi) is 18.6. The van der Waals surface area contributed by atoms with Gasteiger partial charge < -0.3 is 31.6 Å². The fourth-order valence-electron chi connectivity index (χ4n) is 4.78. The number of ketones is 2. The van der Waals surface area contributed by atoms with E-state index in [9.17, 15) is 19.2 Å². The van der Waals surface area contributed by atoms with Crippen LogP contribution < -0.4 is 22.1 Å². The molecule has 0 spiro atoms. The van der Waals surface area contributed by atoms with Crippen LogP contribution in [0.4, 0.5) is 22.7 Å². The van der Waals surface area contributed by atoms with E-state index in [0.717, 1.165) is 0 Å². The molecule has 0 radical (unpaired) electrons. The fourth-order valence-corrected chi connectivity index (χ4v) is 5.76. The lowest BCUT2D eigenvalue weighted by Gasteiger charge is -2.15. The number of esters is 2. The third kappa shape index (κ3) is 14.6. The molecule has 0 aliphatic rings. The van der Waals surface area contributed by atoms with Gasteiger partial charge >= 0.3 is 11.9 Å². The van der Waals surface area contributed by atoms with E-state index in [1.807, 2.05) is 36.4 Å². The van der Waals surface area contributed by atoms with Crippen LogP contribution in [0.15, 0.2) is 84.9 Å². The molecule has 4 aromatic carbocycles. The largest absolute Gasteiger partial charge is 0.457 e. The van der Waals surface area contributed by atoms with Crippen molar-refractivity contribution >= 4 is 92.7 Å². The SMILES string of the molecule is CC(OC(=O)Cc1ccccc1Nc1c(Cl)cccc1Cl)C(=O)CCCN.NCCCC(=O)COC(=O)Cc1ccccc1Nc1c(Cl)cccc1Cl. The van der Waals surface area contributed by atoms with Gasteiger partial charge in [-0.3, -0.25) is 19.2 Å². The first-order chi connectivity index (χ1) is 25.4. The summed E-state index contributed by atoms with van der Waals surface area (Å²) < 4.78 is 10.3. The summed E-state index contributed by atoms with van der Waals surface area (Å²) >= 11 is 24.8. The molecule has 0 aliphatic heterocycles. The highest BCUT2D eigenvalue weighted by Crippen LogP contribution is 2.35. The number of hydrogen-bond acceptors (Lipinski definition) is 10. The summed E-state index contributed by atoms with van der Waals surface area (Å²) in [4.78, 5) is 47.8. The summed E-state index contributed by atoms with van der Waals surface area (Å²) in [5.74, 6) is -1.24. The smallest absolute Gasteiger partial charge is 0.311 e. The molecule has 0 heterocycles. The minimum absolute atomic E-state index is 0.0136. The normalized spacial score (nSPS) is 11.1. The molecule has 0 saturated carbocycles. The molecule has 6 N–H and O–H groups in total. The molecule has 0 amide bonds. The number of carbonyl (C=O) groups is 4. The molecule has 53 heavy (non-hydrogen) atoms. The number of halogens is 4. The standard InChI is InChI=1S/C20H22Cl2N2O3.C19H20Cl2N2O3/c1-13(18(25)10-5-11-23)27-19(26)12-14-6-2-3-9-17(14)24-20-15(21)7-4-8-16(20)22;20-15-7-3-8-16(21)19(15)23-17-9-2-1-5-13(17)11-18(25)26-12-14(24)6-4-10-22/h2-4,6-9,13,24H,5,10-12,23H2,1H3;1-3,5,7-9,23H,4,6,10-12,22H2. The van der Waals surface area contributed by atoms with Gasteiger partial charge in [0.1, 0.15) is 6.61 Å². The van der Waals surface area contributed by atoms with Gasteiger partial charge in [0.2, 0.25) is 0 Å². The number of Topliss-reactive ketones (excluding diaryl/α,β-unsaturated/α-hetero) is 2. The van der Waals surface area contributed by atoms with Gasteiger partial charge in [-0.25, -0.2) is 0 Å². The summed E-state index contributed by atoms with van der Waals surface area (Å²) in [6.45, 7) is 2.20. The van der Waals surface area contributed by atoms with Gasteiger partial charge in [0.25, 0.3) is 0 Å². The van der Waals surface area contributed by atoms with Gasteiger partial charge in [-0.05, 0) is 80.4 Å². The highest BCUT2D eigenvalue weighted by Gasteiger charge is 2.19. The van der Waals surface area contributed by atoms with Crippen LogP contribution in [0.5, 0.6) is 0 Å². The third-order valence-corrected chi connectivity index (χ3v) is 8.85. The molecule has 0 aromatic heterocycles. The third-order valence-electron chi connectivity index (χ3n) is 7.59. The summed E-state index contributed by atoms with van der Waals surface area (Å²) in [6, 6.07) is 24.9. The highest BCUT2D eigenvalue weighted by atomic mass is 35.5. The van der Waals surface area contributed by atoms with Gasteiger partial charge in [0, 0.05) is 24.2 Å². The molecule has 0 fully saturated rings. The summed E-state index contributed by atoms with van der Waals surface area (Å²) in [5, 5.41) is 8.21. The van der Waals surface area contributed by atoms with Crippen LogP contribution in [0.2, 0.25) is 20.1 Å². The second-order valence-corrected chi connectivity index (χ2v) is 13.3. The quantitative estimate of drug-likeness (QED) is 0.0717. The lowest BCUT2D eigenvalue weighted by Crippen LogP contribution is -2.25. The van der Waals surface area contributed by atoms with Crippen LogP contribution in [0.1, 0.15) is 43.7 Å². The van der Waals surface area contributed by atoms with Crippen LogP contribution in [-0.2, 0) is 41.5 Å². The molecule has 282 valence electrons. The maximum Gasteiger partial charge on any atom is 0.311 e. The molecule has 14 heteroatoms. The number of rotatable bonds is 18. The zero-order chi connectivity index (χ0) is 38.8. The molecule has 10 nitrogen and oxygen atoms in total. The monoisotopic (exact) mass is 802 g/mol. The van der Waals surface area contributed by atoms with Crippen LogP contribution >= 0.6 is 46.4 Å². The number of nitrogens with one attached hydrogen (secondary N) is 2. The van der Waals surface area contributed by atoms with Gasteiger partial charge in [0.05, 0.1) is 44.3 Å². The Morgan fingerprint density at radius 1 is 0.623 bits per heavy atom. The molecular weight excluding hydrogens is 762 g/mol. The zero-order valence-corrected chi connectivity index (χ0v) is 32.2. The Labute approximate surface area is 329 Å². The van der Waals surface area contributed by atoms with Crippen molar-refractivity contribution < 1.29 is 28.7 Å². The molecule has 0 aliphatic carbocycles. The Morgan fingerprint density at radius 2 is 1.06 bits per heavy atom. The van der Waals surface area contributed by atoms with Gasteiger partial charge in [-0.2, -0.15) is 0 Å². The number of anilines is 4. The second-order valence-electron chi connectivity index (χ2n) is 11.7. The van der Waals surface area contributed by atoms with Crippen LogP contribution in [0.25, 0.3) is 0 Å². The van der Waals surface area contributed by atoms with Crippen molar-refractivity contribution in [3.63, 3.8) is 0 Å². The number of nitrogens with two attached hydrogens (primary N) is 2. The number of para-hydroxylation sites is 4. The second kappa shape index (κ2) is 22.8. The number of ether oxygens (including phenoxy) is 2. The van der Waals surface area contributed by atoms with Crippen molar-refractivity contribution in [3.05, 3.63) is 116 Å². The average Bonchev–Trinajstić information content (AvgIpc) is 3.13. The first kappa shape index (κ1) is 43.2. The lowest BCUT2D eigenvalue weighted by molar-refractivity contribution is -0.153. The van der Waals surface area contributed by atoms with E-state index in [0.29, 0.717) is 92.7 Å². The topological polar surface area (TPSA) is 163 Å². The zero-order valence-electron chi connectivity index (χ0n) is 29.1. The predicted octanol–water partition coefficient (Wildman–Crippen LogP) is 8.65. The Balaban J connectivity index is 0.000000286. The summed E-state index contributed by atoms with van der Waals surface area (Å²) in [5.41, 5.74) is 14.7. The minimum Gasteiger partial charge on any atom is -0.457 e. The fraction of sp³-hybridized carbons (Fsp3) is 0.282. The summed E-state index contributed by atoms with van der Waals surface area (Å²) in [7, 11) is 0. The maximum atomic E-state index is 12.3. The van der Waals surface area contributed by atoms with Crippen molar-refractivity contribution in [2.45, 2.75) is 51.6 Å². The van der Waals surface area contributed by atoms with Crippen molar-refractivity contribution in [3.8, 4) is 0 Å². The van der Waals surface area contributed by atoms with E-state index in [-0.39, 0.29) is 31.0 Å². The minimum atomic E-state index is -0.790. The molecule has 1 atom stereocenters. The molecule has 4 aromatic rings. The van der Waals surface area contributed by atoms with E-state index < -0.39 is 18.0 Å². The predicted molar refractivity (Wildman–Crippen MR) is 213 cm³/mol. The van der Waals surface area contributed by atoms with Crippen LogP contribution in [0.3, 0.4) is 0 Å². The molecule has 0 saturated heterocycles. The van der Waals surface area contributed by atoms with Crippen LogP contribution in [-0.4, -0.2) is 49.3 Å². The van der Waals surface area contributed by atoms with Crippen molar-refractivity contribution in [2.24, 2.45) is 11.5 Å². The average molecular weight is 805 g/mol. The Hall–Kier alpha value is -4.16. The molecular formula is C39H42Cl4N4O6. The first-order valence-corrected chi connectivity index (χ1v) is 18.3. The van der Waals surface area contributed by atoms with Gasteiger partial charge in [0.15, 0.2) is 17.7 Å². The van der Waals surface area contributed by atoms with E-state index in [1.54, 1.807) is 55.5 Å². The number of benzene rings is 4. The van der Waals surface area contributed by atoms with E-state index in [1.165, 1.54) is 0 Å². The Bertz CT molecular complexity index is 1820. The van der Waals surface area contributed by atoms with Crippen molar-refractivity contribution in [1.82, 2.24) is 0 Å². The van der Waals surface area contributed by atoms with Gasteiger partial charge in [-0.1, -0.05) is 94.9 Å². The number of hydrogen-bond donors (Lipinski definition) is 4. The lowest BCUT2D eigenvalue weighted by atomic mass is 10.1. The maximum absolute atomic E-state index is 12.3. The first-order valence-electron chi connectivity index (χ1n) is 16.8. The highest BCUT2D eigenvalue weighted by molar-refractivity contribution is 6.39. The Morgan fingerprint density at radius 3 is 1.53 bits per heavy atom. The van der Waals surface area contributed by atoms with Crippen molar-refractivity contribution in [1.29, 1.82) is 0 Å². The molecule has 0 bridgehead atoms. The molecule has 4 rings (SSSR count). The van der Waals surface area contributed by atoms with Crippen LogP contribution in [0, 0.1) is 0 Å². The number of carbonyl (C=O) groups excluding carboxylic acids is 4. The van der Waals surface area contributed by atoms with Crippen molar-refractivity contribution in [2.75, 3.05) is 30.3 Å². The van der Waals surface area contributed by atoms with Gasteiger partial charge in [-0.15, -0.1) is 0 Å². The molecule has 1 unspecified atom stereocenters. The van der Waals surface area contributed by atoms with E-state index in [4.69, 9.17) is 67.3 Å².